The van der Waals surface area contributed by atoms with Crippen LogP contribution in [-0.2, 0) is 0 Å². The number of nitrogens with zero attached hydrogens (tertiary/aromatic N) is 2. The van der Waals surface area contributed by atoms with E-state index in [-0.39, 0.29) is 0 Å². The quantitative estimate of drug-likeness (QED) is 0.800. The van der Waals surface area contributed by atoms with Gasteiger partial charge in [0.25, 0.3) is 0 Å². The molecule has 3 nitrogen and oxygen atoms in total. The van der Waals surface area contributed by atoms with Gasteiger partial charge >= 0.3 is 0 Å². The van der Waals surface area contributed by atoms with Crippen LogP contribution in [0.2, 0.25) is 0 Å². The number of aryl methyl sites for hydroxylation is 1. The summed E-state index contributed by atoms with van der Waals surface area (Å²) in [6, 6.07) is 4.44. The molecular formula is C13H23N3. The van der Waals surface area contributed by atoms with E-state index >= 15 is 0 Å². The van der Waals surface area contributed by atoms with E-state index in [0.717, 1.165) is 17.4 Å². The Balaban J connectivity index is 2.28. The molecule has 0 saturated heterocycles. The molecule has 0 aromatic carbocycles. The minimum Gasteiger partial charge on any atom is -0.366 e. The molecule has 1 aromatic heterocycles. The topological polar surface area (TPSA) is 37.8 Å². The van der Waals surface area contributed by atoms with E-state index < -0.39 is 0 Å². The van der Waals surface area contributed by atoms with Gasteiger partial charge in [0.15, 0.2) is 0 Å². The maximum Gasteiger partial charge on any atom is 0.148 e. The van der Waals surface area contributed by atoms with Crippen LogP contribution in [-0.4, -0.2) is 16.2 Å². The molecule has 1 atom stereocenters. The van der Waals surface area contributed by atoms with Gasteiger partial charge in [-0.2, -0.15) is 5.10 Å². The summed E-state index contributed by atoms with van der Waals surface area (Å²) in [5, 5.41) is 11.5. The maximum atomic E-state index is 4.10. The molecular weight excluding hydrogens is 198 g/mol. The van der Waals surface area contributed by atoms with Gasteiger partial charge < -0.3 is 5.32 Å². The lowest BCUT2D eigenvalue weighted by molar-refractivity contribution is 0.519. The van der Waals surface area contributed by atoms with E-state index in [0.29, 0.717) is 6.04 Å². The number of aromatic nitrogens is 2. The molecule has 1 aromatic rings. The van der Waals surface area contributed by atoms with Gasteiger partial charge in [-0.25, -0.2) is 0 Å². The number of anilines is 1. The van der Waals surface area contributed by atoms with Crippen LogP contribution in [0.15, 0.2) is 12.1 Å². The summed E-state index contributed by atoms with van der Waals surface area (Å²) in [6.45, 7) is 8.68. The second-order valence-electron chi connectivity index (χ2n) is 4.93. The van der Waals surface area contributed by atoms with Gasteiger partial charge in [0, 0.05) is 6.04 Å². The largest absolute Gasteiger partial charge is 0.366 e. The van der Waals surface area contributed by atoms with E-state index in [9.17, 15) is 0 Å². The van der Waals surface area contributed by atoms with Crippen molar-refractivity contribution in [3.8, 4) is 0 Å². The summed E-state index contributed by atoms with van der Waals surface area (Å²) in [6.07, 6.45) is 3.75. The fourth-order valence-electron chi connectivity index (χ4n) is 1.63. The third kappa shape index (κ3) is 5.10. The summed E-state index contributed by atoms with van der Waals surface area (Å²) in [5.41, 5.74) is 0.956. The third-order valence-corrected chi connectivity index (χ3v) is 2.61. The lowest BCUT2D eigenvalue weighted by Crippen LogP contribution is -2.16. The Kier molecular flexibility index (Phi) is 5.23. The predicted octanol–water partition coefficient (Wildman–Crippen LogP) is 3.41. The van der Waals surface area contributed by atoms with Gasteiger partial charge in [0.2, 0.25) is 0 Å². The van der Waals surface area contributed by atoms with Crippen LogP contribution in [0.25, 0.3) is 0 Å². The van der Waals surface area contributed by atoms with Crippen molar-refractivity contribution in [2.45, 2.75) is 53.0 Å². The first kappa shape index (κ1) is 12.9. The second kappa shape index (κ2) is 6.46. The molecule has 0 bridgehead atoms. The zero-order valence-electron chi connectivity index (χ0n) is 10.8. The van der Waals surface area contributed by atoms with Crippen molar-refractivity contribution in [2.24, 2.45) is 5.92 Å². The van der Waals surface area contributed by atoms with Crippen LogP contribution >= 0.6 is 0 Å². The highest BCUT2D eigenvalue weighted by molar-refractivity contribution is 5.33. The summed E-state index contributed by atoms with van der Waals surface area (Å²) in [5.74, 6) is 1.68. The number of nitrogens with one attached hydrogen (secondary N) is 1. The molecule has 0 aliphatic heterocycles. The van der Waals surface area contributed by atoms with Crippen molar-refractivity contribution in [1.82, 2.24) is 10.2 Å². The lowest BCUT2D eigenvalue weighted by atomic mass is 10.0. The molecule has 3 heteroatoms. The molecule has 0 fully saturated rings. The van der Waals surface area contributed by atoms with Crippen LogP contribution in [0.1, 0.15) is 45.7 Å². The zero-order chi connectivity index (χ0) is 12.0. The molecule has 1 N–H and O–H groups in total. The molecule has 1 unspecified atom stereocenters. The number of rotatable bonds is 6. The first-order chi connectivity index (χ1) is 7.58. The summed E-state index contributed by atoms with van der Waals surface area (Å²) < 4.78 is 0. The summed E-state index contributed by atoms with van der Waals surface area (Å²) in [4.78, 5) is 0. The molecule has 1 heterocycles. The van der Waals surface area contributed by atoms with Crippen molar-refractivity contribution in [3.63, 3.8) is 0 Å². The Morgan fingerprint density at radius 1 is 1.12 bits per heavy atom. The van der Waals surface area contributed by atoms with Crippen molar-refractivity contribution in [1.29, 1.82) is 0 Å². The Hall–Kier alpha value is -1.12. The number of hydrogen-bond acceptors (Lipinski definition) is 3. The lowest BCUT2D eigenvalue weighted by Gasteiger charge is -2.14. The standard InChI is InChI=1S/C13H23N3/c1-10(2)6-5-7-11(3)14-13-9-8-12(4)15-16-13/h8-11H,5-7H2,1-4H3,(H,14,16). The van der Waals surface area contributed by atoms with E-state index in [4.69, 9.17) is 0 Å². The van der Waals surface area contributed by atoms with Gasteiger partial charge in [-0.3, -0.25) is 0 Å². The molecule has 0 aliphatic rings. The highest BCUT2D eigenvalue weighted by Gasteiger charge is 2.03. The Morgan fingerprint density at radius 2 is 1.88 bits per heavy atom. The average molecular weight is 221 g/mol. The van der Waals surface area contributed by atoms with Crippen molar-refractivity contribution in [2.75, 3.05) is 5.32 Å². The smallest absolute Gasteiger partial charge is 0.148 e. The molecule has 0 saturated carbocycles. The first-order valence-corrected chi connectivity index (χ1v) is 6.15. The molecule has 0 amide bonds. The Labute approximate surface area is 98.7 Å². The minimum atomic E-state index is 0.468. The van der Waals surface area contributed by atoms with E-state index in [1.807, 2.05) is 19.1 Å². The second-order valence-corrected chi connectivity index (χ2v) is 4.93. The highest BCUT2D eigenvalue weighted by atomic mass is 15.2. The fourth-order valence-corrected chi connectivity index (χ4v) is 1.63. The van der Waals surface area contributed by atoms with Gasteiger partial charge in [-0.05, 0) is 38.3 Å². The molecule has 90 valence electrons. The first-order valence-electron chi connectivity index (χ1n) is 6.15. The molecule has 1 rings (SSSR count). The zero-order valence-corrected chi connectivity index (χ0v) is 10.8. The van der Waals surface area contributed by atoms with Crippen LogP contribution in [0.4, 0.5) is 5.82 Å². The van der Waals surface area contributed by atoms with Crippen LogP contribution in [0.5, 0.6) is 0 Å². The highest BCUT2D eigenvalue weighted by Crippen LogP contribution is 2.11. The van der Waals surface area contributed by atoms with Gasteiger partial charge in [0.05, 0.1) is 5.69 Å². The van der Waals surface area contributed by atoms with Crippen molar-refractivity contribution in [3.05, 3.63) is 17.8 Å². The molecule has 0 radical (unpaired) electrons. The molecule has 0 spiro atoms. The van der Waals surface area contributed by atoms with Crippen molar-refractivity contribution < 1.29 is 0 Å². The van der Waals surface area contributed by atoms with Crippen molar-refractivity contribution >= 4 is 5.82 Å². The minimum absolute atomic E-state index is 0.468. The normalized spacial score (nSPS) is 12.8. The monoisotopic (exact) mass is 221 g/mol. The predicted molar refractivity (Wildman–Crippen MR) is 68.5 cm³/mol. The summed E-state index contributed by atoms with van der Waals surface area (Å²) in [7, 11) is 0. The SMILES string of the molecule is Cc1ccc(NC(C)CCCC(C)C)nn1. The maximum absolute atomic E-state index is 4.10. The van der Waals surface area contributed by atoms with Crippen LogP contribution < -0.4 is 5.32 Å². The fraction of sp³-hybridized carbons (Fsp3) is 0.692. The Morgan fingerprint density at radius 3 is 2.44 bits per heavy atom. The molecule has 0 aliphatic carbocycles. The van der Waals surface area contributed by atoms with Crippen LogP contribution in [0, 0.1) is 12.8 Å². The van der Waals surface area contributed by atoms with E-state index in [2.05, 4.69) is 36.3 Å². The average Bonchev–Trinajstić information content (AvgIpc) is 2.21. The molecule has 16 heavy (non-hydrogen) atoms. The Bertz CT molecular complexity index is 293. The number of hydrogen-bond donors (Lipinski definition) is 1. The van der Waals surface area contributed by atoms with Gasteiger partial charge in [-0.15, -0.1) is 5.10 Å². The van der Waals surface area contributed by atoms with Gasteiger partial charge in [0.1, 0.15) is 5.82 Å². The van der Waals surface area contributed by atoms with E-state index in [1.165, 1.54) is 19.3 Å². The van der Waals surface area contributed by atoms with Gasteiger partial charge in [-0.1, -0.05) is 26.7 Å². The summed E-state index contributed by atoms with van der Waals surface area (Å²) >= 11 is 0. The third-order valence-electron chi connectivity index (χ3n) is 2.61. The van der Waals surface area contributed by atoms with E-state index in [1.54, 1.807) is 0 Å². The van der Waals surface area contributed by atoms with Crippen LogP contribution in [0.3, 0.4) is 0 Å².